The molecule has 1 aromatic rings. The lowest BCUT2D eigenvalue weighted by atomic mass is 10.2. The number of alkyl halides is 1. The first-order chi connectivity index (χ1) is 7.27. The number of ether oxygens (including phenoxy) is 1. The van der Waals surface area contributed by atoms with Crippen molar-refractivity contribution in [2.45, 2.75) is 13.0 Å². The molecule has 0 radical (unpaired) electrons. The third-order valence-electron chi connectivity index (χ3n) is 1.99. The zero-order valence-corrected chi connectivity index (χ0v) is 9.38. The average Bonchev–Trinajstić information content (AvgIpc) is 2.27. The number of carbonyl (C=O) groups is 1. The van der Waals surface area contributed by atoms with E-state index in [1.807, 2.05) is 24.3 Å². The van der Waals surface area contributed by atoms with Gasteiger partial charge in [-0.05, 0) is 6.07 Å². The molecule has 0 aromatic heterocycles. The van der Waals surface area contributed by atoms with Gasteiger partial charge in [-0.2, -0.15) is 0 Å². The van der Waals surface area contributed by atoms with E-state index in [2.05, 4.69) is 5.32 Å². The fourth-order valence-electron chi connectivity index (χ4n) is 1.22. The highest BCUT2D eigenvalue weighted by Gasteiger charge is 2.03. The van der Waals surface area contributed by atoms with Gasteiger partial charge in [0.2, 0.25) is 5.91 Å². The number of hydrogen-bond acceptors (Lipinski definition) is 2. The van der Waals surface area contributed by atoms with E-state index < -0.39 is 0 Å². The smallest absolute Gasteiger partial charge is 0.221 e. The normalized spacial score (nSPS) is 9.73. The second-order valence-corrected chi connectivity index (χ2v) is 3.41. The average molecular weight is 228 g/mol. The third kappa shape index (κ3) is 3.80. The summed E-state index contributed by atoms with van der Waals surface area (Å²) in [7, 11) is 1.61. The molecule has 0 aliphatic rings. The molecule has 0 aliphatic carbocycles. The van der Waals surface area contributed by atoms with Gasteiger partial charge in [0.25, 0.3) is 0 Å². The van der Waals surface area contributed by atoms with Gasteiger partial charge in [-0.25, -0.2) is 0 Å². The third-order valence-corrected chi connectivity index (χ3v) is 2.18. The van der Waals surface area contributed by atoms with Crippen LogP contribution in [0.4, 0.5) is 0 Å². The van der Waals surface area contributed by atoms with Gasteiger partial charge in [-0.1, -0.05) is 18.2 Å². The van der Waals surface area contributed by atoms with Gasteiger partial charge in [0.1, 0.15) is 5.75 Å². The summed E-state index contributed by atoms with van der Waals surface area (Å²) >= 11 is 5.45. The Hall–Kier alpha value is -1.22. The molecule has 0 atom stereocenters. The number of hydrogen-bond donors (Lipinski definition) is 1. The molecule has 3 nitrogen and oxygen atoms in total. The molecule has 0 unspecified atom stereocenters. The van der Waals surface area contributed by atoms with Crippen LogP contribution in [-0.2, 0) is 11.3 Å². The first kappa shape index (κ1) is 11.9. The molecule has 0 aliphatic heterocycles. The summed E-state index contributed by atoms with van der Waals surface area (Å²) in [6, 6.07) is 7.58. The van der Waals surface area contributed by atoms with Gasteiger partial charge in [0.15, 0.2) is 0 Å². The highest BCUT2D eigenvalue weighted by atomic mass is 35.5. The van der Waals surface area contributed by atoms with E-state index in [1.54, 1.807) is 7.11 Å². The van der Waals surface area contributed by atoms with Gasteiger partial charge < -0.3 is 10.1 Å². The van der Waals surface area contributed by atoms with Crippen LogP contribution in [0.25, 0.3) is 0 Å². The quantitative estimate of drug-likeness (QED) is 0.781. The monoisotopic (exact) mass is 227 g/mol. The SMILES string of the molecule is COc1ccccc1CNC(=O)CCCl. The second-order valence-electron chi connectivity index (χ2n) is 3.03. The largest absolute Gasteiger partial charge is 0.496 e. The molecule has 0 bridgehead atoms. The Morgan fingerprint density at radius 1 is 1.47 bits per heavy atom. The number of amides is 1. The van der Waals surface area contributed by atoms with Gasteiger partial charge >= 0.3 is 0 Å². The maximum Gasteiger partial charge on any atom is 0.221 e. The number of nitrogens with one attached hydrogen (secondary N) is 1. The molecule has 0 spiro atoms. The lowest BCUT2D eigenvalue weighted by molar-refractivity contribution is -0.120. The minimum atomic E-state index is -0.0455. The summed E-state index contributed by atoms with van der Waals surface area (Å²) in [6.07, 6.45) is 0.344. The lowest BCUT2D eigenvalue weighted by Gasteiger charge is -2.08. The van der Waals surface area contributed by atoms with Gasteiger partial charge in [0.05, 0.1) is 7.11 Å². The van der Waals surface area contributed by atoms with Crippen LogP contribution in [0.3, 0.4) is 0 Å². The van der Waals surface area contributed by atoms with Crippen LogP contribution in [0, 0.1) is 0 Å². The molecule has 0 saturated carbocycles. The Morgan fingerprint density at radius 3 is 2.87 bits per heavy atom. The molecule has 1 rings (SSSR count). The van der Waals surface area contributed by atoms with E-state index in [0.29, 0.717) is 18.8 Å². The van der Waals surface area contributed by atoms with Crippen LogP contribution in [0.2, 0.25) is 0 Å². The minimum Gasteiger partial charge on any atom is -0.496 e. The molecule has 4 heteroatoms. The van der Waals surface area contributed by atoms with Crippen molar-refractivity contribution >= 4 is 17.5 Å². The predicted octanol–water partition coefficient (Wildman–Crippen LogP) is 1.94. The van der Waals surface area contributed by atoms with Crippen LogP contribution >= 0.6 is 11.6 Å². The number of benzene rings is 1. The van der Waals surface area contributed by atoms with Gasteiger partial charge in [-0.3, -0.25) is 4.79 Å². The van der Waals surface area contributed by atoms with Crippen LogP contribution in [-0.4, -0.2) is 18.9 Å². The summed E-state index contributed by atoms with van der Waals surface area (Å²) in [5, 5.41) is 2.77. The molecule has 0 saturated heterocycles. The molecular formula is C11H14ClNO2. The van der Waals surface area contributed by atoms with Crippen LogP contribution < -0.4 is 10.1 Å². The Bertz CT molecular complexity index is 328. The van der Waals surface area contributed by atoms with Gasteiger partial charge in [0, 0.05) is 24.4 Å². The highest BCUT2D eigenvalue weighted by molar-refractivity contribution is 6.18. The Morgan fingerprint density at radius 2 is 2.20 bits per heavy atom. The van der Waals surface area contributed by atoms with E-state index >= 15 is 0 Å². The maximum atomic E-state index is 11.2. The molecule has 1 amide bonds. The molecule has 15 heavy (non-hydrogen) atoms. The van der Waals surface area contributed by atoms with Crippen molar-refractivity contribution in [3.8, 4) is 5.75 Å². The predicted molar refractivity (Wildman–Crippen MR) is 60.2 cm³/mol. The second kappa shape index (κ2) is 6.30. The number of methoxy groups -OCH3 is 1. The van der Waals surface area contributed by atoms with Crippen molar-refractivity contribution < 1.29 is 9.53 Å². The number of rotatable bonds is 5. The van der Waals surface area contributed by atoms with Crippen LogP contribution in [0.15, 0.2) is 24.3 Å². The Kier molecular flexibility index (Phi) is 4.98. The lowest BCUT2D eigenvalue weighted by Crippen LogP contribution is -2.22. The number of halogens is 1. The highest BCUT2D eigenvalue weighted by Crippen LogP contribution is 2.16. The van der Waals surface area contributed by atoms with Gasteiger partial charge in [-0.15, -0.1) is 11.6 Å². The summed E-state index contributed by atoms with van der Waals surface area (Å²) in [4.78, 5) is 11.2. The van der Waals surface area contributed by atoms with E-state index in [0.717, 1.165) is 11.3 Å². The van der Waals surface area contributed by atoms with E-state index in [-0.39, 0.29) is 5.91 Å². The summed E-state index contributed by atoms with van der Waals surface area (Å²) < 4.78 is 5.16. The fraction of sp³-hybridized carbons (Fsp3) is 0.364. The summed E-state index contributed by atoms with van der Waals surface area (Å²) in [5.74, 6) is 1.08. The molecule has 0 fully saturated rings. The van der Waals surface area contributed by atoms with E-state index in [4.69, 9.17) is 16.3 Å². The Labute approximate surface area is 94.4 Å². The number of para-hydroxylation sites is 1. The topological polar surface area (TPSA) is 38.3 Å². The van der Waals surface area contributed by atoms with E-state index in [1.165, 1.54) is 0 Å². The van der Waals surface area contributed by atoms with Crippen molar-refractivity contribution in [3.05, 3.63) is 29.8 Å². The van der Waals surface area contributed by atoms with Crippen molar-refractivity contribution in [1.29, 1.82) is 0 Å². The summed E-state index contributed by atoms with van der Waals surface area (Å²) in [6.45, 7) is 0.472. The minimum absolute atomic E-state index is 0.0455. The van der Waals surface area contributed by atoms with Crippen molar-refractivity contribution in [2.24, 2.45) is 0 Å². The first-order valence-corrected chi connectivity index (χ1v) is 5.26. The summed E-state index contributed by atoms with van der Waals surface area (Å²) in [5.41, 5.74) is 0.961. The van der Waals surface area contributed by atoms with Crippen LogP contribution in [0.5, 0.6) is 5.75 Å². The zero-order chi connectivity index (χ0) is 11.1. The number of carbonyl (C=O) groups excluding carboxylic acids is 1. The van der Waals surface area contributed by atoms with Crippen LogP contribution in [0.1, 0.15) is 12.0 Å². The maximum absolute atomic E-state index is 11.2. The van der Waals surface area contributed by atoms with Crippen molar-refractivity contribution in [2.75, 3.05) is 13.0 Å². The molecule has 82 valence electrons. The first-order valence-electron chi connectivity index (χ1n) is 4.72. The van der Waals surface area contributed by atoms with Crippen molar-refractivity contribution in [3.63, 3.8) is 0 Å². The fourth-order valence-corrected chi connectivity index (χ4v) is 1.39. The van der Waals surface area contributed by atoms with E-state index in [9.17, 15) is 4.79 Å². The molecule has 1 aromatic carbocycles. The molecule has 0 heterocycles. The Balaban J connectivity index is 2.53. The van der Waals surface area contributed by atoms with Crippen molar-refractivity contribution in [1.82, 2.24) is 5.32 Å². The zero-order valence-electron chi connectivity index (χ0n) is 8.63. The molecular weight excluding hydrogens is 214 g/mol. The molecule has 1 N–H and O–H groups in total. The standard InChI is InChI=1S/C11H14ClNO2/c1-15-10-5-3-2-4-9(10)8-13-11(14)6-7-12/h2-5H,6-8H2,1H3,(H,13,14).